The number of benzene rings is 4. The lowest BCUT2D eigenvalue weighted by atomic mass is 10.0. The van der Waals surface area contributed by atoms with Crippen LogP contribution in [0.2, 0.25) is 10.0 Å². The number of carbonyl (C=O) groups is 4. The average Bonchev–Trinajstić information content (AvgIpc) is 2.91. The van der Waals surface area contributed by atoms with Crippen LogP contribution in [0.15, 0.2) is 95.9 Å². The molecule has 0 aliphatic rings. The molecule has 4 aromatic carbocycles. The van der Waals surface area contributed by atoms with Gasteiger partial charge in [-0.1, -0.05) is 59.6 Å². The molecule has 0 spiro atoms. The molecule has 0 fully saturated rings. The summed E-state index contributed by atoms with van der Waals surface area (Å²) in [6.45, 7) is 0. The SMILES string of the molecule is O=C(O)c1ccc(C(=O)Nc2cccc(SC(C(=O)Nc3cc(Cl)cc(Cl)c3)c3ccccc3)c2)c(C(=O)O)c1. The number of carboxylic acid groups (broad SMARTS) is 2. The van der Waals surface area contributed by atoms with E-state index in [0.717, 1.165) is 23.8 Å². The van der Waals surface area contributed by atoms with Gasteiger partial charge in [-0.3, -0.25) is 9.59 Å². The second kappa shape index (κ2) is 12.7. The maximum atomic E-state index is 13.4. The summed E-state index contributed by atoms with van der Waals surface area (Å²) in [7, 11) is 0. The Morgan fingerprint density at radius 3 is 2.02 bits per heavy atom. The summed E-state index contributed by atoms with van der Waals surface area (Å²) in [5.41, 5.74) is 0.632. The van der Waals surface area contributed by atoms with Gasteiger partial charge in [0.05, 0.1) is 16.7 Å². The number of carbonyl (C=O) groups excluding carboxylic acids is 2. The first-order chi connectivity index (χ1) is 19.1. The van der Waals surface area contributed by atoms with Crippen molar-refractivity contribution in [1.29, 1.82) is 0 Å². The number of hydrogen-bond donors (Lipinski definition) is 4. The Hall–Kier alpha value is -4.31. The van der Waals surface area contributed by atoms with Gasteiger partial charge in [-0.05, 0) is 60.2 Å². The van der Waals surface area contributed by atoms with E-state index in [9.17, 15) is 24.3 Å². The minimum atomic E-state index is -1.43. The molecule has 1 atom stereocenters. The average molecular weight is 595 g/mol. The number of thioether (sulfide) groups is 1. The number of anilines is 2. The van der Waals surface area contributed by atoms with Gasteiger partial charge in [-0.2, -0.15) is 0 Å². The molecule has 0 saturated heterocycles. The highest BCUT2D eigenvalue weighted by molar-refractivity contribution is 8.00. The Bertz CT molecular complexity index is 1590. The maximum Gasteiger partial charge on any atom is 0.336 e. The van der Waals surface area contributed by atoms with E-state index in [1.54, 1.807) is 42.5 Å². The van der Waals surface area contributed by atoms with Crippen molar-refractivity contribution in [1.82, 2.24) is 0 Å². The topological polar surface area (TPSA) is 133 Å². The Morgan fingerprint density at radius 2 is 1.38 bits per heavy atom. The minimum Gasteiger partial charge on any atom is -0.478 e. The van der Waals surface area contributed by atoms with Crippen molar-refractivity contribution in [2.24, 2.45) is 0 Å². The Balaban J connectivity index is 1.58. The molecule has 0 aliphatic heterocycles. The first-order valence-corrected chi connectivity index (χ1v) is 13.2. The van der Waals surface area contributed by atoms with E-state index in [-0.39, 0.29) is 17.0 Å². The summed E-state index contributed by atoms with van der Waals surface area (Å²) in [4.78, 5) is 49.8. The van der Waals surface area contributed by atoms with Crippen LogP contribution in [0.5, 0.6) is 0 Å². The molecule has 0 aliphatic carbocycles. The van der Waals surface area contributed by atoms with Crippen molar-refractivity contribution in [3.8, 4) is 0 Å². The molecule has 0 bridgehead atoms. The Labute approximate surface area is 242 Å². The van der Waals surface area contributed by atoms with Crippen LogP contribution in [0.1, 0.15) is 41.9 Å². The number of halogens is 2. The van der Waals surface area contributed by atoms with Gasteiger partial charge >= 0.3 is 11.9 Å². The van der Waals surface area contributed by atoms with Gasteiger partial charge < -0.3 is 20.8 Å². The van der Waals surface area contributed by atoms with E-state index < -0.39 is 28.7 Å². The zero-order valence-corrected chi connectivity index (χ0v) is 22.8. The molecule has 0 saturated carbocycles. The molecule has 11 heteroatoms. The molecular formula is C29H20Cl2N2O6S. The van der Waals surface area contributed by atoms with Crippen molar-refractivity contribution in [3.05, 3.63) is 123 Å². The summed E-state index contributed by atoms with van der Waals surface area (Å²) < 4.78 is 0. The number of amides is 2. The normalized spacial score (nSPS) is 11.3. The fourth-order valence-electron chi connectivity index (χ4n) is 3.77. The van der Waals surface area contributed by atoms with E-state index in [1.165, 1.54) is 11.8 Å². The maximum absolute atomic E-state index is 13.4. The van der Waals surface area contributed by atoms with Crippen LogP contribution < -0.4 is 10.6 Å². The van der Waals surface area contributed by atoms with Crippen LogP contribution in [-0.4, -0.2) is 34.0 Å². The monoisotopic (exact) mass is 594 g/mol. The first kappa shape index (κ1) is 28.7. The smallest absolute Gasteiger partial charge is 0.336 e. The third-order valence-electron chi connectivity index (χ3n) is 5.56. The van der Waals surface area contributed by atoms with E-state index in [4.69, 9.17) is 28.3 Å². The fraction of sp³-hybridized carbons (Fsp3) is 0.0345. The number of aromatic carboxylic acids is 2. The van der Waals surface area contributed by atoms with Crippen molar-refractivity contribution < 1.29 is 29.4 Å². The lowest BCUT2D eigenvalue weighted by Crippen LogP contribution is -2.19. The van der Waals surface area contributed by atoms with Crippen LogP contribution in [0.3, 0.4) is 0 Å². The van der Waals surface area contributed by atoms with Crippen molar-refractivity contribution in [2.75, 3.05) is 10.6 Å². The number of nitrogens with one attached hydrogen (secondary N) is 2. The quantitative estimate of drug-likeness (QED) is 0.152. The largest absolute Gasteiger partial charge is 0.478 e. The molecule has 4 rings (SSSR count). The molecule has 4 aromatic rings. The first-order valence-electron chi connectivity index (χ1n) is 11.6. The Kier molecular flexibility index (Phi) is 9.11. The number of hydrogen-bond acceptors (Lipinski definition) is 5. The van der Waals surface area contributed by atoms with Crippen molar-refractivity contribution in [2.45, 2.75) is 10.1 Å². The lowest BCUT2D eigenvalue weighted by Gasteiger charge is -2.18. The van der Waals surface area contributed by atoms with Gasteiger partial charge in [0.15, 0.2) is 0 Å². The third kappa shape index (κ3) is 7.20. The van der Waals surface area contributed by atoms with Gasteiger partial charge in [0.2, 0.25) is 5.91 Å². The summed E-state index contributed by atoms with van der Waals surface area (Å²) in [5.74, 6) is -3.80. The zero-order chi connectivity index (χ0) is 28.8. The van der Waals surface area contributed by atoms with E-state index in [1.807, 2.05) is 30.3 Å². The van der Waals surface area contributed by atoms with Gasteiger partial charge in [0, 0.05) is 26.3 Å². The third-order valence-corrected chi connectivity index (χ3v) is 7.24. The molecule has 0 aromatic heterocycles. The summed E-state index contributed by atoms with van der Waals surface area (Å²) in [5, 5.41) is 24.2. The number of carboxylic acids is 2. The molecule has 1 unspecified atom stereocenters. The zero-order valence-electron chi connectivity index (χ0n) is 20.4. The molecular weight excluding hydrogens is 575 g/mol. The highest BCUT2D eigenvalue weighted by Crippen LogP contribution is 2.37. The van der Waals surface area contributed by atoms with Gasteiger partial charge in [-0.15, -0.1) is 11.8 Å². The fourth-order valence-corrected chi connectivity index (χ4v) is 5.38. The molecule has 202 valence electrons. The summed E-state index contributed by atoms with van der Waals surface area (Å²) >= 11 is 13.4. The van der Waals surface area contributed by atoms with E-state index in [2.05, 4.69) is 10.6 Å². The van der Waals surface area contributed by atoms with Gasteiger partial charge in [0.1, 0.15) is 5.25 Å². The second-order valence-electron chi connectivity index (χ2n) is 8.41. The second-order valence-corrected chi connectivity index (χ2v) is 10.5. The Morgan fingerprint density at radius 1 is 0.675 bits per heavy atom. The summed E-state index contributed by atoms with van der Waals surface area (Å²) in [6.07, 6.45) is 0. The lowest BCUT2D eigenvalue weighted by molar-refractivity contribution is -0.115. The summed E-state index contributed by atoms with van der Waals surface area (Å²) in [6, 6.07) is 23.8. The van der Waals surface area contributed by atoms with Crippen LogP contribution in [0.4, 0.5) is 11.4 Å². The highest BCUT2D eigenvalue weighted by atomic mass is 35.5. The number of rotatable bonds is 9. The molecule has 0 heterocycles. The molecule has 4 N–H and O–H groups in total. The predicted molar refractivity (Wildman–Crippen MR) is 155 cm³/mol. The molecule has 40 heavy (non-hydrogen) atoms. The highest BCUT2D eigenvalue weighted by Gasteiger charge is 2.23. The van der Waals surface area contributed by atoms with Gasteiger partial charge in [0.25, 0.3) is 5.91 Å². The standard InChI is InChI=1S/C29H20Cl2N2O6S/c30-18-12-19(31)14-21(13-18)33-27(35)25(16-5-2-1-3-6-16)40-22-8-4-7-20(15-22)32-26(34)23-10-9-17(28(36)37)11-24(23)29(38)39/h1-15,25H,(H,32,34)(H,33,35)(H,36,37)(H,38,39). The van der Waals surface area contributed by atoms with Crippen LogP contribution in [0, 0.1) is 0 Å². The molecule has 0 radical (unpaired) electrons. The van der Waals surface area contributed by atoms with Crippen LogP contribution in [0.25, 0.3) is 0 Å². The van der Waals surface area contributed by atoms with Crippen LogP contribution in [-0.2, 0) is 4.79 Å². The molecule has 2 amide bonds. The van der Waals surface area contributed by atoms with E-state index in [0.29, 0.717) is 26.3 Å². The van der Waals surface area contributed by atoms with Crippen molar-refractivity contribution in [3.63, 3.8) is 0 Å². The van der Waals surface area contributed by atoms with Crippen LogP contribution >= 0.6 is 35.0 Å². The van der Waals surface area contributed by atoms with Crippen molar-refractivity contribution >= 4 is 70.1 Å². The van der Waals surface area contributed by atoms with E-state index >= 15 is 0 Å². The van der Waals surface area contributed by atoms with Gasteiger partial charge in [-0.25, -0.2) is 9.59 Å². The molecule has 8 nitrogen and oxygen atoms in total. The predicted octanol–water partition coefficient (Wildman–Crippen LogP) is 7.11. The minimum absolute atomic E-state index is 0.197.